The van der Waals surface area contributed by atoms with E-state index >= 15 is 0 Å². The molecule has 0 spiro atoms. The number of rotatable bonds is 7. The van der Waals surface area contributed by atoms with Crippen LogP contribution in [0.15, 0.2) is 0 Å². The summed E-state index contributed by atoms with van der Waals surface area (Å²) in [6.07, 6.45) is -0.0160. The Morgan fingerprint density at radius 1 is 0.963 bits per heavy atom. The minimum atomic E-state index is -0.324. The molecule has 27 heavy (non-hydrogen) atoms. The molecule has 2 aliphatic rings. The van der Waals surface area contributed by atoms with Crippen LogP contribution in [-0.2, 0) is 19.1 Å². The topological polar surface area (TPSA) is 82.6 Å². The predicted molar refractivity (Wildman–Crippen MR) is 99.3 cm³/mol. The highest BCUT2D eigenvalue weighted by Gasteiger charge is 2.25. The summed E-state index contributed by atoms with van der Waals surface area (Å²) in [7, 11) is 0. The lowest BCUT2D eigenvalue weighted by Crippen LogP contribution is -2.51. The van der Waals surface area contributed by atoms with E-state index in [1.165, 1.54) is 0 Å². The molecule has 9 nitrogen and oxygen atoms in total. The van der Waals surface area contributed by atoms with E-state index in [1.54, 1.807) is 28.5 Å². The molecule has 2 saturated heterocycles. The van der Waals surface area contributed by atoms with Gasteiger partial charge < -0.3 is 24.2 Å². The second-order valence-corrected chi connectivity index (χ2v) is 6.78. The van der Waals surface area contributed by atoms with Crippen molar-refractivity contribution >= 4 is 17.9 Å². The highest BCUT2D eigenvalue weighted by molar-refractivity contribution is 5.78. The lowest BCUT2D eigenvalue weighted by Gasteiger charge is -2.34. The van der Waals surface area contributed by atoms with Crippen LogP contribution in [0.5, 0.6) is 0 Å². The van der Waals surface area contributed by atoms with Crippen LogP contribution in [0.3, 0.4) is 0 Å². The average molecular weight is 384 g/mol. The monoisotopic (exact) mass is 384 g/mol. The number of ether oxygens (including phenoxy) is 2. The Hall–Kier alpha value is -1.87. The van der Waals surface area contributed by atoms with Crippen molar-refractivity contribution in [2.75, 3.05) is 78.7 Å². The van der Waals surface area contributed by atoms with Gasteiger partial charge in [0.2, 0.25) is 11.8 Å². The third-order valence-electron chi connectivity index (χ3n) is 4.99. The molecule has 0 N–H and O–H groups in total. The zero-order valence-corrected chi connectivity index (χ0v) is 16.5. The number of hydrogen-bond acceptors (Lipinski definition) is 6. The van der Waals surface area contributed by atoms with Crippen LogP contribution in [0.4, 0.5) is 4.79 Å². The maximum atomic E-state index is 12.5. The summed E-state index contributed by atoms with van der Waals surface area (Å²) in [6, 6.07) is 0. The van der Waals surface area contributed by atoms with Crippen molar-refractivity contribution < 1.29 is 23.9 Å². The summed E-state index contributed by atoms with van der Waals surface area (Å²) < 4.78 is 10.3. The summed E-state index contributed by atoms with van der Waals surface area (Å²) in [5.74, 6) is 0.0133. The molecule has 2 rings (SSSR count). The minimum Gasteiger partial charge on any atom is -0.450 e. The number of carbonyl (C=O) groups is 3. The van der Waals surface area contributed by atoms with Crippen molar-refractivity contribution in [2.45, 2.75) is 20.3 Å². The zero-order valence-electron chi connectivity index (χ0n) is 16.5. The number of morpholine rings is 1. The van der Waals surface area contributed by atoms with Gasteiger partial charge >= 0.3 is 6.09 Å². The fraction of sp³-hybridized carbons (Fsp3) is 0.833. The van der Waals surface area contributed by atoms with Crippen LogP contribution in [0.25, 0.3) is 0 Å². The van der Waals surface area contributed by atoms with E-state index in [-0.39, 0.29) is 17.9 Å². The molecule has 0 aromatic carbocycles. The zero-order chi connectivity index (χ0) is 19.6. The van der Waals surface area contributed by atoms with Crippen molar-refractivity contribution in [3.63, 3.8) is 0 Å². The van der Waals surface area contributed by atoms with Crippen molar-refractivity contribution in [1.82, 2.24) is 19.6 Å². The fourth-order valence-electron chi connectivity index (χ4n) is 3.26. The smallest absolute Gasteiger partial charge is 0.409 e. The van der Waals surface area contributed by atoms with Gasteiger partial charge in [-0.2, -0.15) is 0 Å². The second-order valence-electron chi connectivity index (χ2n) is 6.78. The van der Waals surface area contributed by atoms with Crippen LogP contribution in [0.1, 0.15) is 20.3 Å². The first kappa shape index (κ1) is 21.4. The normalized spacial score (nSPS) is 18.3. The van der Waals surface area contributed by atoms with Crippen LogP contribution in [0.2, 0.25) is 0 Å². The molecule has 3 amide bonds. The first-order valence-electron chi connectivity index (χ1n) is 9.76. The molecule has 2 aliphatic heterocycles. The molecule has 2 heterocycles. The molecule has 0 unspecified atom stereocenters. The van der Waals surface area contributed by atoms with Crippen molar-refractivity contribution in [3.8, 4) is 0 Å². The molecule has 0 radical (unpaired) electrons. The largest absolute Gasteiger partial charge is 0.450 e. The molecule has 2 fully saturated rings. The van der Waals surface area contributed by atoms with Gasteiger partial charge in [0.1, 0.15) is 0 Å². The number of piperazine rings is 1. The summed E-state index contributed by atoms with van der Waals surface area (Å²) in [6.45, 7) is 10.7. The standard InChI is InChI=1S/C18H32N4O5/c1-3-27-18(25)22-10-8-21(9-11-22)17(24)4-5-20(16(2)23)7-6-19-12-14-26-15-13-19/h3-15H2,1-2H3. The Bertz CT molecular complexity index is 502. The lowest BCUT2D eigenvalue weighted by atomic mass is 10.2. The molecule has 0 aromatic heterocycles. The minimum absolute atomic E-state index is 0.0109. The number of hydrogen-bond donors (Lipinski definition) is 0. The van der Waals surface area contributed by atoms with E-state index in [0.29, 0.717) is 52.3 Å². The van der Waals surface area contributed by atoms with Crippen LogP contribution >= 0.6 is 0 Å². The summed E-state index contributed by atoms with van der Waals surface area (Å²) in [5.41, 5.74) is 0. The Morgan fingerprint density at radius 3 is 2.19 bits per heavy atom. The Morgan fingerprint density at radius 2 is 1.59 bits per heavy atom. The van der Waals surface area contributed by atoms with E-state index < -0.39 is 0 Å². The summed E-state index contributed by atoms with van der Waals surface area (Å²) in [5, 5.41) is 0. The maximum Gasteiger partial charge on any atom is 0.409 e. The van der Waals surface area contributed by atoms with Gasteiger partial charge in [0, 0.05) is 72.2 Å². The third-order valence-corrected chi connectivity index (χ3v) is 4.99. The summed E-state index contributed by atoms with van der Waals surface area (Å²) in [4.78, 5) is 43.5. The Kier molecular flexibility index (Phi) is 8.80. The van der Waals surface area contributed by atoms with Crippen molar-refractivity contribution in [3.05, 3.63) is 0 Å². The summed E-state index contributed by atoms with van der Waals surface area (Å²) >= 11 is 0. The van der Waals surface area contributed by atoms with E-state index in [1.807, 2.05) is 0 Å². The molecule has 0 aromatic rings. The van der Waals surface area contributed by atoms with Crippen LogP contribution in [0, 0.1) is 0 Å². The third kappa shape index (κ3) is 6.99. The van der Waals surface area contributed by atoms with Gasteiger partial charge in [-0.1, -0.05) is 0 Å². The highest BCUT2D eigenvalue weighted by Crippen LogP contribution is 2.07. The molecule has 0 aliphatic carbocycles. The molecular weight excluding hydrogens is 352 g/mol. The predicted octanol–water partition coefficient (Wildman–Crippen LogP) is -0.142. The first-order valence-corrected chi connectivity index (χ1v) is 9.76. The molecular formula is C18H32N4O5. The van der Waals surface area contributed by atoms with Gasteiger partial charge in [0.05, 0.1) is 19.8 Å². The highest BCUT2D eigenvalue weighted by atomic mass is 16.6. The molecule has 154 valence electrons. The lowest BCUT2D eigenvalue weighted by molar-refractivity contribution is -0.134. The van der Waals surface area contributed by atoms with Crippen molar-refractivity contribution in [1.29, 1.82) is 0 Å². The molecule has 0 bridgehead atoms. The van der Waals surface area contributed by atoms with Crippen LogP contribution < -0.4 is 0 Å². The van der Waals surface area contributed by atoms with E-state index in [4.69, 9.17) is 9.47 Å². The van der Waals surface area contributed by atoms with Gasteiger partial charge in [-0.25, -0.2) is 4.79 Å². The SMILES string of the molecule is CCOC(=O)N1CCN(C(=O)CCN(CCN2CCOCC2)C(C)=O)CC1. The van der Waals surface area contributed by atoms with E-state index in [2.05, 4.69) is 4.90 Å². The average Bonchev–Trinajstić information content (AvgIpc) is 2.68. The van der Waals surface area contributed by atoms with Gasteiger partial charge in [-0.3, -0.25) is 14.5 Å². The maximum absolute atomic E-state index is 12.5. The second kappa shape index (κ2) is 11.1. The fourth-order valence-corrected chi connectivity index (χ4v) is 3.26. The molecule has 9 heteroatoms. The Balaban J connectivity index is 1.70. The Labute approximate surface area is 161 Å². The number of carbonyl (C=O) groups excluding carboxylic acids is 3. The van der Waals surface area contributed by atoms with Gasteiger partial charge in [-0.05, 0) is 6.92 Å². The van der Waals surface area contributed by atoms with E-state index in [9.17, 15) is 14.4 Å². The molecule has 0 saturated carbocycles. The van der Waals surface area contributed by atoms with Crippen LogP contribution in [-0.4, -0.2) is 116 Å². The first-order chi connectivity index (χ1) is 13.0. The number of nitrogens with zero attached hydrogens (tertiary/aromatic N) is 4. The van der Waals surface area contributed by atoms with E-state index in [0.717, 1.165) is 32.8 Å². The van der Waals surface area contributed by atoms with Gasteiger partial charge in [-0.15, -0.1) is 0 Å². The molecule has 0 atom stereocenters. The van der Waals surface area contributed by atoms with Crippen molar-refractivity contribution in [2.24, 2.45) is 0 Å². The quantitative estimate of drug-likeness (QED) is 0.608. The van der Waals surface area contributed by atoms with Gasteiger partial charge in [0.15, 0.2) is 0 Å². The van der Waals surface area contributed by atoms with Gasteiger partial charge in [0.25, 0.3) is 0 Å². The number of amides is 3.